The van der Waals surface area contributed by atoms with Gasteiger partial charge >= 0.3 is 0 Å². The minimum atomic E-state index is 0.380. The third kappa shape index (κ3) is 7.10. The Kier molecular flexibility index (Phi) is 10.8. The molecule has 5 aromatic heterocycles. The molecule has 0 aliphatic heterocycles. The molecule has 0 atom stereocenters. The topological polar surface area (TPSA) is 51.1 Å². The minimum Gasteiger partial charge on any atom is -0.455 e. The Morgan fingerprint density at radius 1 is 0.379 bits per heavy atom. The molecule has 0 bridgehead atoms. The van der Waals surface area contributed by atoms with Gasteiger partial charge in [-0.2, -0.15) is 5.26 Å². The van der Waals surface area contributed by atoms with Gasteiger partial charge in [0, 0.05) is 80.0 Å². The molecule has 18 rings (SSSR count). The molecule has 0 N–H and O–H groups in total. The van der Waals surface area contributed by atoms with Crippen LogP contribution >= 0.6 is 22.7 Å². The summed E-state index contributed by atoms with van der Waals surface area (Å²) in [5, 5.41) is 23.6. The molecule has 7 heteroatoms. The normalized spacial score (nSPS) is 11.9. The number of rotatable bonds is 7. The highest BCUT2D eigenvalue weighted by atomic mass is 32.1. The fourth-order valence-electron chi connectivity index (χ4n) is 14.1. The van der Waals surface area contributed by atoms with Gasteiger partial charge < -0.3 is 13.6 Å². The molecule has 0 saturated carbocycles. The number of furan rings is 1. The highest BCUT2D eigenvalue weighted by Gasteiger charge is 2.34. The van der Waals surface area contributed by atoms with Crippen molar-refractivity contribution in [1.82, 2.24) is 9.13 Å². The second-order valence-corrected chi connectivity index (χ2v) is 24.4. The van der Waals surface area contributed by atoms with Gasteiger partial charge in [-0.3, -0.25) is 0 Å². The van der Waals surface area contributed by atoms with Crippen LogP contribution in [-0.2, 0) is 0 Å². The maximum atomic E-state index is 12.6. The van der Waals surface area contributed by atoms with Gasteiger partial charge in [-0.05, 0) is 81.4 Å². The van der Waals surface area contributed by atoms with Gasteiger partial charge in [0.15, 0.2) is 0 Å². The van der Waals surface area contributed by atoms with E-state index in [4.69, 9.17) is 9.26 Å². The fourth-order valence-corrected chi connectivity index (χ4v) is 16.7. The number of thiophene rings is 2. The van der Waals surface area contributed by atoms with Gasteiger partial charge in [-0.25, -0.2) is 4.85 Å². The summed E-state index contributed by atoms with van der Waals surface area (Å²) >= 11 is 3.61. The third-order valence-electron chi connectivity index (χ3n) is 17.8. The summed E-state index contributed by atoms with van der Waals surface area (Å²) < 4.78 is 16.1. The number of hydrogen-bond acceptors (Lipinski definition) is 4. The van der Waals surface area contributed by atoms with Crippen molar-refractivity contribution in [3.8, 4) is 73.1 Å². The molecule has 5 heterocycles. The van der Waals surface area contributed by atoms with Crippen molar-refractivity contribution in [2.75, 3.05) is 0 Å². The smallest absolute Gasteiger partial charge is 0.220 e. The van der Waals surface area contributed by atoms with Gasteiger partial charge in [0.05, 0.1) is 55.0 Å². The lowest BCUT2D eigenvalue weighted by molar-refractivity contribution is 0.670. The molecular weight excluding hydrogens is 1100 g/mol. The van der Waals surface area contributed by atoms with Crippen molar-refractivity contribution in [1.29, 1.82) is 5.26 Å². The highest BCUT2D eigenvalue weighted by molar-refractivity contribution is 7.27. The maximum absolute atomic E-state index is 12.6. The average molecular weight is 1140 g/mol. The van der Waals surface area contributed by atoms with Crippen LogP contribution in [0, 0.1) is 17.9 Å². The molecule has 18 aromatic rings. The van der Waals surface area contributed by atoms with E-state index in [1.54, 1.807) is 22.7 Å². The number of nitriles is 1. The van der Waals surface area contributed by atoms with E-state index in [2.05, 4.69) is 246 Å². The van der Waals surface area contributed by atoms with Crippen LogP contribution in [-0.4, -0.2) is 9.13 Å². The molecule has 402 valence electrons. The third-order valence-corrected chi connectivity index (χ3v) is 20.1. The molecule has 0 spiro atoms. The number of nitrogens with zero attached hydrogens (tertiary/aromatic N) is 4. The molecule has 0 radical (unpaired) electrons. The van der Waals surface area contributed by atoms with Gasteiger partial charge in [-0.15, -0.1) is 22.7 Å². The molecule has 0 unspecified atom stereocenters. The predicted octanol–water partition coefficient (Wildman–Crippen LogP) is 23.3. The molecule has 87 heavy (non-hydrogen) atoms. The van der Waals surface area contributed by atoms with Crippen LogP contribution in [0.5, 0.6) is 0 Å². The molecule has 0 aliphatic carbocycles. The Hall–Kier alpha value is -11.3. The van der Waals surface area contributed by atoms with E-state index in [1.165, 1.54) is 20.2 Å². The summed E-state index contributed by atoms with van der Waals surface area (Å²) in [7, 11) is 0. The predicted molar refractivity (Wildman–Crippen MR) is 366 cm³/mol. The van der Waals surface area contributed by atoms with Crippen LogP contribution < -0.4 is 0 Å². The lowest BCUT2D eigenvalue weighted by Crippen LogP contribution is -2.09. The molecule has 0 aliphatic rings. The summed E-state index contributed by atoms with van der Waals surface area (Å²) in [6, 6.07) is 97.4. The van der Waals surface area contributed by atoms with Gasteiger partial charge in [0.1, 0.15) is 17.2 Å². The Labute approximate surface area is 506 Å². The number of benzene rings is 13. The minimum absolute atomic E-state index is 0.380. The number of aromatic nitrogens is 2. The van der Waals surface area contributed by atoms with E-state index in [9.17, 15) is 11.8 Å². The molecule has 0 saturated heterocycles. The summed E-state index contributed by atoms with van der Waals surface area (Å²) in [5.41, 5.74) is 17.2. The monoisotopic (exact) mass is 1140 g/mol. The zero-order chi connectivity index (χ0) is 57.4. The van der Waals surface area contributed by atoms with Gasteiger partial charge in [0.25, 0.3) is 0 Å². The average Bonchev–Trinajstić information content (AvgIpc) is 1.57. The van der Waals surface area contributed by atoms with Gasteiger partial charge in [-0.1, -0.05) is 224 Å². The summed E-state index contributed by atoms with van der Waals surface area (Å²) in [6.07, 6.45) is 0. The van der Waals surface area contributed by atoms with E-state index in [-0.39, 0.29) is 0 Å². The highest BCUT2D eigenvalue weighted by Crippen LogP contribution is 2.57. The van der Waals surface area contributed by atoms with E-state index < -0.39 is 0 Å². The van der Waals surface area contributed by atoms with Gasteiger partial charge in [0.2, 0.25) is 5.69 Å². The maximum Gasteiger partial charge on any atom is 0.220 e. The summed E-state index contributed by atoms with van der Waals surface area (Å²) in [5.74, 6) is 0. The van der Waals surface area contributed by atoms with Crippen LogP contribution in [0.4, 0.5) is 5.69 Å². The van der Waals surface area contributed by atoms with Crippen LogP contribution in [0.3, 0.4) is 0 Å². The van der Waals surface area contributed by atoms with Crippen molar-refractivity contribution in [2.45, 2.75) is 0 Å². The standard InChI is InChI=1S/C80H44N4OS2/c1-82-73-69(49-27-10-4-11-28-49)63(46-81)74(70(50-29-12-5-13-30-50)77(73)83-64-37-18-14-31-53(64)54-42-41-51(43-65(54)83)52-35-22-36-56-55-32-15-19-38-66(55)85-78(52)56)84-75-61(44-59(47-23-6-2-7-24-47)71-57-33-16-20-39-67(57)86-79(71)75)62-45-60(48-25-8-3-9-26-48)72-58-34-17-21-40-68(58)87-80(72)76(62)84/h2-45H. The van der Waals surface area contributed by atoms with Crippen molar-refractivity contribution in [2.24, 2.45) is 0 Å². The first-order valence-electron chi connectivity index (χ1n) is 29.1. The lowest BCUT2D eigenvalue weighted by atomic mass is 9.88. The first kappa shape index (κ1) is 49.1. The second-order valence-electron chi connectivity index (χ2n) is 22.3. The lowest BCUT2D eigenvalue weighted by Gasteiger charge is -2.26. The number of fused-ring (bicyclic) bond motifs is 17. The zero-order valence-corrected chi connectivity index (χ0v) is 48.1. The van der Waals surface area contributed by atoms with Crippen molar-refractivity contribution in [3.05, 3.63) is 284 Å². The van der Waals surface area contributed by atoms with Crippen molar-refractivity contribution in [3.63, 3.8) is 0 Å². The van der Waals surface area contributed by atoms with Crippen LogP contribution in [0.25, 0.3) is 178 Å². The molecule has 0 fully saturated rings. The molecule has 5 nitrogen and oxygen atoms in total. The largest absolute Gasteiger partial charge is 0.455 e. The number of hydrogen-bond donors (Lipinski definition) is 0. The Morgan fingerprint density at radius 2 is 0.874 bits per heavy atom. The summed E-state index contributed by atoms with van der Waals surface area (Å²) in [6.45, 7) is 9.69. The van der Waals surface area contributed by atoms with Crippen LogP contribution in [0.2, 0.25) is 0 Å². The Morgan fingerprint density at radius 3 is 1.46 bits per heavy atom. The molecule has 0 amide bonds. The van der Waals surface area contributed by atoms with E-state index in [1.807, 2.05) is 36.4 Å². The van der Waals surface area contributed by atoms with E-state index in [0.29, 0.717) is 28.2 Å². The molecule has 13 aromatic carbocycles. The quantitative estimate of drug-likeness (QED) is 0.149. The van der Waals surface area contributed by atoms with Crippen LogP contribution in [0.1, 0.15) is 5.56 Å². The SMILES string of the molecule is [C-]#[N+]c1c(-c2ccccc2)c(C#N)c(-n2c3c(cc(-c4ccccc4)c4c5ccccc5sc43)c3cc(-c4ccccc4)c4c5ccccc5sc4c32)c(-c2ccccc2)c1-n1c2ccccc2c2ccc(-c3cccc4c3oc3ccccc34)cc21. The van der Waals surface area contributed by atoms with Crippen molar-refractivity contribution >= 4 is 134 Å². The van der Waals surface area contributed by atoms with Crippen LogP contribution in [0.15, 0.2) is 271 Å². The number of para-hydroxylation sites is 3. The first-order chi connectivity index (χ1) is 43.1. The van der Waals surface area contributed by atoms with E-state index >= 15 is 0 Å². The first-order valence-corrected chi connectivity index (χ1v) is 30.7. The Bertz CT molecular complexity index is 5840. The zero-order valence-electron chi connectivity index (χ0n) is 46.4. The summed E-state index contributed by atoms with van der Waals surface area (Å²) in [4.78, 5) is 4.71. The van der Waals surface area contributed by atoms with Crippen molar-refractivity contribution < 1.29 is 4.42 Å². The van der Waals surface area contributed by atoms with E-state index in [0.717, 1.165) is 136 Å². The fraction of sp³-hybridized carbons (Fsp3) is 0. The second kappa shape index (κ2) is 19.1. The Balaban J connectivity index is 1.10. The molecular formula is C80H44N4OS2.